The lowest BCUT2D eigenvalue weighted by Gasteiger charge is -2.05. The molecular formula is C3H2F3N3O2S. The lowest BCUT2D eigenvalue weighted by atomic mass is 11.0. The summed E-state index contributed by atoms with van der Waals surface area (Å²) in [5, 5.41) is 5.65. The largest absolute Gasteiger partial charge is 0.518 e. The predicted octanol–water partition coefficient (Wildman–Crippen LogP) is -0.0242. The minimum atomic E-state index is -5.39. The van der Waals surface area contributed by atoms with E-state index in [2.05, 4.69) is 10.3 Å². The second kappa shape index (κ2) is 2.44. The van der Waals surface area contributed by atoms with E-state index in [1.807, 2.05) is 0 Å². The van der Waals surface area contributed by atoms with Crippen molar-refractivity contribution >= 4 is 10.0 Å². The first-order valence-electron chi connectivity index (χ1n) is 2.54. The van der Waals surface area contributed by atoms with Crippen molar-refractivity contribution in [3.63, 3.8) is 0 Å². The minimum Gasteiger partial charge on any atom is -0.195 e. The highest BCUT2D eigenvalue weighted by Crippen LogP contribution is 2.23. The Hall–Kier alpha value is -1.12. The zero-order valence-electron chi connectivity index (χ0n) is 5.35. The first-order valence-corrected chi connectivity index (χ1v) is 3.98. The molecule has 0 atom stereocenters. The molecule has 12 heavy (non-hydrogen) atoms. The molecule has 0 N–H and O–H groups in total. The van der Waals surface area contributed by atoms with Gasteiger partial charge in [0.2, 0.25) is 0 Å². The van der Waals surface area contributed by atoms with Crippen LogP contribution in [-0.2, 0) is 10.0 Å². The molecule has 1 aromatic heterocycles. The summed E-state index contributed by atoms with van der Waals surface area (Å²) < 4.78 is 55.8. The van der Waals surface area contributed by atoms with Gasteiger partial charge in [-0.15, -0.1) is 9.19 Å². The molecule has 0 aliphatic rings. The SMILES string of the molecule is O=S(=O)(n1ccnn1)C(F)(F)F. The number of alkyl halides is 3. The fraction of sp³-hybridized carbons (Fsp3) is 0.333. The molecule has 9 heteroatoms. The van der Waals surface area contributed by atoms with Crippen LogP contribution in [0.1, 0.15) is 0 Å². The van der Waals surface area contributed by atoms with Crippen LogP contribution in [-0.4, -0.2) is 28.3 Å². The Bertz CT molecular complexity index is 353. The van der Waals surface area contributed by atoms with Gasteiger partial charge in [-0.2, -0.15) is 21.6 Å². The van der Waals surface area contributed by atoms with Gasteiger partial charge >= 0.3 is 15.5 Å². The standard InChI is InChI=1S/C3H2F3N3O2S/c4-3(5,6)12(10,11)9-2-1-7-8-9/h1-2H. The topological polar surface area (TPSA) is 64.8 Å². The highest BCUT2D eigenvalue weighted by molar-refractivity contribution is 7.90. The van der Waals surface area contributed by atoms with Crippen molar-refractivity contribution in [1.29, 1.82) is 0 Å². The summed E-state index contributed by atoms with van der Waals surface area (Å²) in [5.41, 5.74) is -5.35. The van der Waals surface area contributed by atoms with Gasteiger partial charge in [0, 0.05) is 0 Å². The highest BCUT2D eigenvalue weighted by Gasteiger charge is 2.48. The van der Waals surface area contributed by atoms with Crippen molar-refractivity contribution in [1.82, 2.24) is 14.4 Å². The fourth-order valence-electron chi connectivity index (χ4n) is 0.432. The Labute approximate surface area is 64.8 Å². The van der Waals surface area contributed by atoms with E-state index in [0.717, 1.165) is 6.20 Å². The zero-order chi connectivity index (χ0) is 9.41. The Kier molecular flexibility index (Phi) is 1.82. The Balaban J connectivity index is 3.22. The summed E-state index contributed by atoms with van der Waals surface area (Å²) in [4.78, 5) is 0. The van der Waals surface area contributed by atoms with Gasteiger partial charge in [-0.3, -0.25) is 0 Å². The van der Waals surface area contributed by atoms with E-state index >= 15 is 0 Å². The van der Waals surface area contributed by atoms with Crippen LogP contribution in [0.25, 0.3) is 0 Å². The van der Waals surface area contributed by atoms with Crippen LogP contribution >= 0.6 is 0 Å². The molecule has 0 aromatic carbocycles. The van der Waals surface area contributed by atoms with E-state index in [4.69, 9.17) is 0 Å². The summed E-state index contributed by atoms with van der Waals surface area (Å²) in [6.07, 6.45) is 1.44. The van der Waals surface area contributed by atoms with Crippen molar-refractivity contribution in [2.24, 2.45) is 0 Å². The van der Waals surface area contributed by atoms with E-state index in [-0.39, 0.29) is 4.09 Å². The second-order valence-corrected chi connectivity index (χ2v) is 3.51. The van der Waals surface area contributed by atoms with Gasteiger partial charge in [0.15, 0.2) is 0 Å². The maximum absolute atomic E-state index is 11.7. The molecule has 0 amide bonds. The molecule has 0 spiro atoms. The van der Waals surface area contributed by atoms with E-state index in [1.165, 1.54) is 0 Å². The van der Waals surface area contributed by atoms with Gasteiger partial charge < -0.3 is 0 Å². The van der Waals surface area contributed by atoms with Gasteiger partial charge in [-0.25, -0.2) is 0 Å². The normalized spacial score (nSPS) is 13.2. The van der Waals surface area contributed by atoms with Gasteiger partial charge in [0.1, 0.15) is 0 Å². The maximum atomic E-state index is 11.7. The number of nitrogens with zero attached hydrogens (tertiary/aromatic N) is 3. The molecule has 0 radical (unpaired) electrons. The molecule has 0 saturated heterocycles. The van der Waals surface area contributed by atoms with Gasteiger partial charge in [0.25, 0.3) is 0 Å². The molecule has 0 bridgehead atoms. The van der Waals surface area contributed by atoms with Gasteiger partial charge in [-0.1, -0.05) is 5.21 Å². The zero-order valence-corrected chi connectivity index (χ0v) is 6.17. The first kappa shape index (κ1) is 8.97. The van der Waals surface area contributed by atoms with Gasteiger partial charge in [-0.05, 0) is 0 Å². The third-order valence-electron chi connectivity index (χ3n) is 0.939. The van der Waals surface area contributed by atoms with Gasteiger partial charge in [0.05, 0.1) is 12.4 Å². The lowest BCUT2D eigenvalue weighted by molar-refractivity contribution is -0.0450. The molecule has 0 aliphatic heterocycles. The number of hydrogen-bond donors (Lipinski definition) is 0. The summed E-state index contributed by atoms with van der Waals surface area (Å²) >= 11 is 0. The summed E-state index contributed by atoms with van der Waals surface area (Å²) in [6.45, 7) is 0. The summed E-state index contributed by atoms with van der Waals surface area (Å²) in [6, 6.07) is 0. The molecule has 1 rings (SSSR count). The Morgan fingerprint density at radius 1 is 1.33 bits per heavy atom. The average molecular weight is 201 g/mol. The minimum absolute atomic E-state index is 0.243. The predicted molar refractivity (Wildman–Crippen MR) is 30.4 cm³/mol. The van der Waals surface area contributed by atoms with E-state index in [1.54, 1.807) is 0 Å². The van der Waals surface area contributed by atoms with Crippen molar-refractivity contribution in [2.75, 3.05) is 0 Å². The third kappa shape index (κ3) is 1.26. The molecule has 0 saturated carbocycles. The van der Waals surface area contributed by atoms with Crippen LogP contribution in [0.4, 0.5) is 13.2 Å². The number of aromatic nitrogens is 3. The smallest absolute Gasteiger partial charge is 0.195 e. The second-order valence-electron chi connectivity index (χ2n) is 1.73. The molecule has 0 fully saturated rings. The number of rotatable bonds is 1. The van der Waals surface area contributed by atoms with Crippen molar-refractivity contribution in [3.05, 3.63) is 12.4 Å². The van der Waals surface area contributed by atoms with Crippen LogP contribution in [0.5, 0.6) is 0 Å². The molecule has 68 valence electrons. The van der Waals surface area contributed by atoms with E-state index in [0.29, 0.717) is 6.20 Å². The molecule has 0 unspecified atom stereocenters. The summed E-state index contributed by atoms with van der Waals surface area (Å²) in [7, 11) is -5.39. The van der Waals surface area contributed by atoms with Crippen molar-refractivity contribution in [2.45, 2.75) is 5.51 Å². The Morgan fingerprint density at radius 2 is 1.92 bits per heavy atom. The maximum Gasteiger partial charge on any atom is 0.518 e. The van der Waals surface area contributed by atoms with E-state index < -0.39 is 15.5 Å². The first-order chi connectivity index (χ1) is 5.36. The molecule has 1 aromatic rings. The van der Waals surface area contributed by atoms with Crippen LogP contribution < -0.4 is 0 Å². The molecular weight excluding hydrogens is 199 g/mol. The number of halogens is 3. The Morgan fingerprint density at radius 3 is 2.25 bits per heavy atom. The summed E-state index contributed by atoms with van der Waals surface area (Å²) in [5.74, 6) is 0. The molecule has 5 nitrogen and oxygen atoms in total. The van der Waals surface area contributed by atoms with Crippen LogP contribution in [0.3, 0.4) is 0 Å². The molecule has 1 heterocycles. The molecule has 0 aliphatic carbocycles. The van der Waals surface area contributed by atoms with Crippen LogP contribution in [0.2, 0.25) is 0 Å². The average Bonchev–Trinajstić information content (AvgIpc) is 2.34. The fourth-order valence-corrected chi connectivity index (χ4v) is 0.997. The van der Waals surface area contributed by atoms with Crippen molar-refractivity contribution in [3.8, 4) is 0 Å². The lowest BCUT2D eigenvalue weighted by Crippen LogP contribution is -2.30. The van der Waals surface area contributed by atoms with Crippen LogP contribution in [0, 0.1) is 0 Å². The third-order valence-corrected chi connectivity index (χ3v) is 2.21. The highest BCUT2D eigenvalue weighted by atomic mass is 32.2. The van der Waals surface area contributed by atoms with Crippen LogP contribution in [0.15, 0.2) is 12.4 Å². The van der Waals surface area contributed by atoms with E-state index in [9.17, 15) is 21.6 Å². The van der Waals surface area contributed by atoms with Crippen molar-refractivity contribution < 1.29 is 21.6 Å². The number of hydrogen-bond acceptors (Lipinski definition) is 4. The monoisotopic (exact) mass is 201 g/mol. The quantitative estimate of drug-likeness (QED) is 0.640.